The Hall–Kier alpha value is -4.37. The fourth-order valence-electron chi connectivity index (χ4n) is 5.94. The highest BCUT2D eigenvalue weighted by atomic mass is 19.4. The summed E-state index contributed by atoms with van der Waals surface area (Å²) in [5.74, 6) is -0.314. The summed E-state index contributed by atoms with van der Waals surface area (Å²) in [7, 11) is 3.01. The standard InChI is InChI=1S/C32H38F6N6O4/c1-5-25-13-27(14-26(6-2)44(25)30(46)48-9-7-8-28(45)47-4)43(29-39-15-21(16-40-29)22-17-41-42(3)19-22)18-20-10-23(31(33,34)35)12-24(11-20)32(36,37)38/h10-12,15-17,19,25-27H,5-9,13-14,18H2,1-4H3/t25-,26+,27+. The number of benzene rings is 1. The van der Waals surface area contributed by atoms with Crippen molar-refractivity contribution >= 4 is 18.0 Å². The van der Waals surface area contributed by atoms with Crippen LogP contribution in [0.2, 0.25) is 0 Å². The van der Waals surface area contributed by atoms with E-state index >= 15 is 0 Å². The molecular weight excluding hydrogens is 646 g/mol. The van der Waals surface area contributed by atoms with E-state index in [1.165, 1.54) is 19.5 Å². The summed E-state index contributed by atoms with van der Waals surface area (Å²) in [6.07, 6.45) is -2.16. The van der Waals surface area contributed by atoms with E-state index in [0.717, 1.165) is 5.56 Å². The van der Waals surface area contributed by atoms with Crippen molar-refractivity contribution in [1.82, 2.24) is 24.6 Å². The van der Waals surface area contributed by atoms with Crippen LogP contribution in [0.5, 0.6) is 0 Å². The van der Waals surface area contributed by atoms with E-state index < -0.39 is 41.6 Å². The van der Waals surface area contributed by atoms with Crippen LogP contribution < -0.4 is 4.90 Å². The summed E-state index contributed by atoms with van der Waals surface area (Å²) in [6, 6.07) is 0.320. The summed E-state index contributed by atoms with van der Waals surface area (Å²) in [5.41, 5.74) is -1.71. The number of ether oxygens (including phenoxy) is 2. The molecule has 0 radical (unpaired) electrons. The van der Waals surface area contributed by atoms with Crippen LogP contribution >= 0.6 is 0 Å². The number of likely N-dealkylation sites (tertiary alicyclic amines) is 1. The second kappa shape index (κ2) is 15.2. The molecule has 262 valence electrons. The summed E-state index contributed by atoms with van der Waals surface area (Å²) in [4.78, 5) is 36.9. The molecule has 2 aromatic heterocycles. The minimum atomic E-state index is -5.01. The zero-order chi connectivity index (χ0) is 35.2. The Labute approximate surface area is 274 Å². The quantitative estimate of drug-likeness (QED) is 0.121. The predicted molar refractivity (Wildman–Crippen MR) is 162 cm³/mol. The zero-order valence-electron chi connectivity index (χ0n) is 27.0. The van der Waals surface area contributed by atoms with E-state index in [0.29, 0.717) is 43.4 Å². The van der Waals surface area contributed by atoms with Crippen LogP contribution in [0.3, 0.4) is 0 Å². The van der Waals surface area contributed by atoms with Gasteiger partial charge >= 0.3 is 24.4 Å². The molecule has 0 saturated carbocycles. The number of anilines is 1. The predicted octanol–water partition coefficient (Wildman–Crippen LogP) is 7.03. The number of amides is 1. The van der Waals surface area contributed by atoms with Gasteiger partial charge in [-0.2, -0.15) is 31.4 Å². The number of methoxy groups -OCH3 is 1. The minimum Gasteiger partial charge on any atom is -0.469 e. The summed E-state index contributed by atoms with van der Waals surface area (Å²) >= 11 is 0. The molecule has 3 heterocycles. The molecule has 0 aliphatic carbocycles. The smallest absolute Gasteiger partial charge is 0.416 e. The molecule has 48 heavy (non-hydrogen) atoms. The first-order chi connectivity index (χ1) is 22.6. The van der Waals surface area contributed by atoms with Crippen molar-refractivity contribution in [3.63, 3.8) is 0 Å². The number of esters is 1. The summed E-state index contributed by atoms with van der Waals surface area (Å²) in [5, 5.41) is 4.13. The Morgan fingerprint density at radius 3 is 1.98 bits per heavy atom. The Morgan fingerprint density at radius 2 is 1.50 bits per heavy atom. The Bertz CT molecular complexity index is 1500. The molecule has 3 aromatic rings. The van der Waals surface area contributed by atoms with Crippen LogP contribution in [-0.2, 0) is 40.2 Å². The maximum Gasteiger partial charge on any atom is 0.416 e. The molecule has 0 unspecified atom stereocenters. The number of nitrogens with zero attached hydrogens (tertiary/aromatic N) is 6. The number of alkyl halides is 6. The van der Waals surface area contributed by atoms with Crippen molar-refractivity contribution in [3.05, 3.63) is 59.7 Å². The normalized spacial score (nSPS) is 18.5. The van der Waals surface area contributed by atoms with Crippen LogP contribution in [0.1, 0.15) is 69.1 Å². The van der Waals surface area contributed by atoms with Crippen molar-refractivity contribution < 1.29 is 45.4 Å². The molecule has 1 fully saturated rings. The number of hydrogen-bond donors (Lipinski definition) is 0. The van der Waals surface area contributed by atoms with Crippen molar-refractivity contribution in [1.29, 1.82) is 0 Å². The average molecular weight is 685 g/mol. The van der Waals surface area contributed by atoms with Gasteiger partial charge in [0, 0.05) is 67.9 Å². The minimum absolute atomic E-state index is 0.00105. The van der Waals surface area contributed by atoms with E-state index in [4.69, 9.17) is 4.74 Å². The maximum absolute atomic E-state index is 13.8. The fraction of sp³-hybridized carbons (Fsp3) is 0.531. The molecule has 3 atom stereocenters. The molecule has 0 N–H and O–H groups in total. The monoisotopic (exact) mass is 684 g/mol. The molecule has 1 aliphatic heterocycles. The lowest BCUT2D eigenvalue weighted by Gasteiger charge is -2.47. The molecule has 0 spiro atoms. The van der Waals surface area contributed by atoms with Gasteiger partial charge in [-0.25, -0.2) is 14.8 Å². The van der Waals surface area contributed by atoms with E-state index in [2.05, 4.69) is 19.8 Å². The number of piperidine rings is 1. The molecule has 16 heteroatoms. The highest BCUT2D eigenvalue weighted by molar-refractivity contribution is 5.70. The average Bonchev–Trinajstić information content (AvgIpc) is 3.49. The Morgan fingerprint density at radius 1 is 0.917 bits per heavy atom. The van der Waals surface area contributed by atoms with Crippen molar-refractivity contribution in [2.45, 2.75) is 89.4 Å². The number of rotatable bonds is 11. The van der Waals surface area contributed by atoms with E-state index in [1.54, 1.807) is 33.9 Å². The summed E-state index contributed by atoms with van der Waals surface area (Å²) in [6.45, 7) is 3.41. The van der Waals surface area contributed by atoms with Crippen LogP contribution in [0, 0.1) is 0 Å². The number of carbonyl (C=O) groups excluding carboxylic acids is 2. The first-order valence-corrected chi connectivity index (χ1v) is 15.5. The number of aromatic nitrogens is 4. The first kappa shape index (κ1) is 36.5. The van der Waals surface area contributed by atoms with Gasteiger partial charge in [-0.15, -0.1) is 0 Å². The lowest BCUT2D eigenvalue weighted by Crippen LogP contribution is -2.57. The lowest BCUT2D eigenvalue weighted by atomic mass is 9.87. The lowest BCUT2D eigenvalue weighted by molar-refractivity contribution is -0.143. The third kappa shape index (κ3) is 8.95. The fourth-order valence-corrected chi connectivity index (χ4v) is 5.94. The van der Waals surface area contributed by atoms with Crippen molar-refractivity contribution in [2.24, 2.45) is 7.05 Å². The SMILES string of the molecule is CC[C@@H]1C[C@H](N(Cc2cc(C(F)(F)F)cc(C(F)(F)F)c2)c2ncc(-c3cnn(C)c3)cn2)C[C@H](CC)N1C(=O)OCCCC(=O)OC. The first-order valence-electron chi connectivity index (χ1n) is 15.5. The van der Waals surface area contributed by atoms with Gasteiger partial charge in [-0.05, 0) is 55.9 Å². The summed E-state index contributed by atoms with van der Waals surface area (Å²) < 4.78 is 94.2. The van der Waals surface area contributed by atoms with E-state index in [9.17, 15) is 35.9 Å². The molecule has 0 bridgehead atoms. The third-order valence-electron chi connectivity index (χ3n) is 8.38. The second-order valence-electron chi connectivity index (χ2n) is 11.7. The highest BCUT2D eigenvalue weighted by Gasteiger charge is 2.41. The van der Waals surface area contributed by atoms with Crippen LogP contribution in [0.25, 0.3) is 11.1 Å². The Kier molecular flexibility index (Phi) is 11.6. The molecule has 4 rings (SSSR count). The van der Waals surface area contributed by atoms with Gasteiger partial charge in [0.15, 0.2) is 0 Å². The molecule has 1 aromatic carbocycles. The zero-order valence-corrected chi connectivity index (χ0v) is 27.0. The van der Waals surface area contributed by atoms with Crippen molar-refractivity contribution in [2.75, 3.05) is 18.6 Å². The third-order valence-corrected chi connectivity index (χ3v) is 8.38. The van der Waals surface area contributed by atoms with Crippen molar-refractivity contribution in [3.8, 4) is 11.1 Å². The highest BCUT2D eigenvalue weighted by Crippen LogP contribution is 2.38. The van der Waals surface area contributed by atoms with Gasteiger partial charge in [-0.1, -0.05) is 13.8 Å². The number of aryl methyl sites for hydroxylation is 1. The molecule has 10 nitrogen and oxygen atoms in total. The largest absolute Gasteiger partial charge is 0.469 e. The van der Waals surface area contributed by atoms with Gasteiger partial charge in [0.05, 0.1) is 31.0 Å². The van der Waals surface area contributed by atoms with E-state index in [-0.39, 0.29) is 55.7 Å². The van der Waals surface area contributed by atoms with Gasteiger partial charge in [0.25, 0.3) is 0 Å². The number of hydrogen-bond acceptors (Lipinski definition) is 8. The molecule has 1 amide bonds. The second-order valence-corrected chi connectivity index (χ2v) is 11.7. The molecule has 1 aliphatic rings. The number of halogens is 6. The van der Waals surface area contributed by atoms with Crippen LogP contribution in [0.4, 0.5) is 37.1 Å². The molecule has 1 saturated heterocycles. The van der Waals surface area contributed by atoms with Gasteiger partial charge in [0.2, 0.25) is 5.95 Å². The maximum atomic E-state index is 13.8. The van der Waals surface area contributed by atoms with Gasteiger partial charge in [0.1, 0.15) is 0 Å². The number of carbonyl (C=O) groups is 2. The topological polar surface area (TPSA) is 103 Å². The van der Waals surface area contributed by atoms with E-state index in [1.807, 2.05) is 13.8 Å². The van der Waals surface area contributed by atoms with Gasteiger partial charge < -0.3 is 19.3 Å². The van der Waals surface area contributed by atoms with Gasteiger partial charge in [-0.3, -0.25) is 9.48 Å². The van der Waals surface area contributed by atoms with Crippen LogP contribution in [-0.4, -0.2) is 68.6 Å². The Balaban J connectivity index is 1.68. The van der Waals surface area contributed by atoms with Crippen LogP contribution in [0.15, 0.2) is 43.0 Å². The molecular formula is C32H38F6N6O4.